The second-order valence-electron chi connectivity index (χ2n) is 7.58. The normalized spacial score (nSPS) is 18.8. The van der Waals surface area contributed by atoms with E-state index in [2.05, 4.69) is 0 Å². The number of fused-ring (bicyclic) bond motifs is 3. The van der Waals surface area contributed by atoms with Crippen LogP contribution in [-0.4, -0.2) is 32.7 Å². The Hall–Kier alpha value is -3.15. The zero-order valence-electron chi connectivity index (χ0n) is 17.2. The van der Waals surface area contributed by atoms with Crippen LogP contribution in [0.3, 0.4) is 0 Å². The fourth-order valence-corrected chi connectivity index (χ4v) is 3.71. The zero-order chi connectivity index (χ0) is 20.8. The number of ketones is 1. The molecule has 2 aromatic carbocycles. The van der Waals surface area contributed by atoms with Crippen LogP contribution in [0, 0.1) is 0 Å². The Morgan fingerprint density at radius 1 is 1.00 bits per heavy atom. The van der Waals surface area contributed by atoms with Gasteiger partial charge in [-0.1, -0.05) is 6.07 Å². The molecule has 152 valence electrons. The molecule has 0 bridgehead atoms. The van der Waals surface area contributed by atoms with Crippen LogP contribution in [-0.2, 0) is 0 Å². The average Bonchev–Trinajstić information content (AvgIpc) is 2.71. The Morgan fingerprint density at radius 3 is 2.41 bits per heavy atom. The van der Waals surface area contributed by atoms with Gasteiger partial charge < -0.3 is 23.7 Å². The summed E-state index contributed by atoms with van der Waals surface area (Å²) in [6, 6.07) is 7.29. The summed E-state index contributed by atoms with van der Waals surface area (Å²) < 4.78 is 28.6. The number of carbonyl (C=O) groups is 1. The third-order valence-corrected chi connectivity index (χ3v) is 5.18. The lowest BCUT2D eigenvalue weighted by Gasteiger charge is -2.33. The van der Waals surface area contributed by atoms with Crippen molar-refractivity contribution in [3.05, 3.63) is 47.0 Å². The monoisotopic (exact) mass is 396 g/mol. The number of methoxy groups -OCH3 is 3. The van der Waals surface area contributed by atoms with Gasteiger partial charge in [0.25, 0.3) is 0 Å². The number of carbonyl (C=O) groups excluding carboxylic acids is 1. The van der Waals surface area contributed by atoms with Gasteiger partial charge in [-0.3, -0.25) is 4.79 Å². The van der Waals surface area contributed by atoms with Crippen molar-refractivity contribution in [1.82, 2.24) is 0 Å². The molecule has 6 nitrogen and oxygen atoms in total. The van der Waals surface area contributed by atoms with Crippen LogP contribution in [0.2, 0.25) is 0 Å². The first kappa shape index (κ1) is 19.2. The Balaban J connectivity index is 1.80. The van der Waals surface area contributed by atoms with Crippen molar-refractivity contribution < 1.29 is 28.5 Å². The van der Waals surface area contributed by atoms with E-state index in [-0.39, 0.29) is 12.2 Å². The molecule has 0 aliphatic carbocycles. The number of benzene rings is 2. The number of ether oxygens (including phenoxy) is 5. The van der Waals surface area contributed by atoms with Crippen molar-refractivity contribution in [3.8, 4) is 28.7 Å². The Bertz CT molecular complexity index is 1000. The fraction of sp³-hybridized carbons (Fsp3) is 0.348. The molecule has 29 heavy (non-hydrogen) atoms. The van der Waals surface area contributed by atoms with Crippen LogP contribution in [0.4, 0.5) is 0 Å². The molecular formula is C23H24O6. The van der Waals surface area contributed by atoms with E-state index in [9.17, 15) is 4.79 Å². The van der Waals surface area contributed by atoms with Crippen molar-refractivity contribution in [3.63, 3.8) is 0 Å². The van der Waals surface area contributed by atoms with E-state index < -0.39 is 11.7 Å². The summed E-state index contributed by atoms with van der Waals surface area (Å²) in [5.74, 6) is 2.75. The summed E-state index contributed by atoms with van der Waals surface area (Å²) in [7, 11) is 4.70. The van der Waals surface area contributed by atoms with E-state index >= 15 is 0 Å². The third-order valence-electron chi connectivity index (χ3n) is 5.18. The molecular weight excluding hydrogens is 372 g/mol. The molecule has 0 N–H and O–H groups in total. The van der Waals surface area contributed by atoms with Crippen molar-refractivity contribution in [2.45, 2.75) is 32.0 Å². The number of hydrogen-bond donors (Lipinski definition) is 0. The second-order valence-corrected chi connectivity index (χ2v) is 7.58. The van der Waals surface area contributed by atoms with Gasteiger partial charge in [0.1, 0.15) is 34.5 Å². The van der Waals surface area contributed by atoms with Gasteiger partial charge in [0.2, 0.25) is 0 Å². The Morgan fingerprint density at radius 2 is 1.72 bits per heavy atom. The lowest BCUT2D eigenvalue weighted by atomic mass is 9.91. The van der Waals surface area contributed by atoms with Crippen molar-refractivity contribution >= 4 is 11.9 Å². The van der Waals surface area contributed by atoms with Gasteiger partial charge in [0.05, 0.1) is 33.3 Å². The molecule has 2 heterocycles. The summed E-state index contributed by atoms with van der Waals surface area (Å²) in [4.78, 5) is 13.1. The van der Waals surface area contributed by atoms with Gasteiger partial charge in [0, 0.05) is 6.07 Å². The van der Waals surface area contributed by atoms with Crippen molar-refractivity contribution in [2.24, 2.45) is 0 Å². The molecule has 2 aromatic rings. The van der Waals surface area contributed by atoms with Gasteiger partial charge in [-0.2, -0.15) is 0 Å². The topological polar surface area (TPSA) is 63.2 Å². The summed E-state index contributed by atoms with van der Waals surface area (Å²) in [6.07, 6.45) is 3.65. The first-order chi connectivity index (χ1) is 13.9. The molecule has 0 amide bonds. The fourth-order valence-electron chi connectivity index (χ4n) is 3.71. The Labute approximate surface area is 170 Å². The highest BCUT2D eigenvalue weighted by Crippen LogP contribution is 2.49. The molecule has 6 heteroatoms. The smallest absolute Gasteiger partial charge is 0.174 e. The minimum Gasteiger partial charge on any atom is -0.496 e. The number of rotatable bonds is 4. The van der Waals surface area contributed by atoms with Gasteiger partial charge in [-0.25, -0.2) is 0 Å². The molecule has 0 saturated carbocycles. The van der Waals surface area contributed by atoms with E-state index in [1.807, 2.05) is 44.2 Å². The van der Waals surface area contributed by atoms with E-state index in [0.717, 1.165) is 11.1 Å². The molecule has 0 fully saturated rings. The van der Waals surface area contributed by atoms with Crippen LogP contribution < -0.4 is 23.7 Å². The number of Topliss-reactive ketones (excluding diaryl/α,β-unsaturated/α-hetero) is 1. The lowest BCUT2D eigenvalue weighted by Crippen LogP contribution is -2.29. The average molecular weight is 396 g/mol. The highest BCUT2D eigenvalue weighted by Gasteiger charge is 2.36. The lowest BCUT2D eigenvalue weighted by molar-refractivity contribution is 0.0840. The minimum absolute atomic E-state index is 0.0380. The molecule has 0 spiro atoms. The maximum absolute atomic E-state index is 13.1. The number of hydrogen-bond acceptors (Lipinski definition) is 6. The van der Waals surface area contributed by atoms with Crippen LogP contribution in [0.1, 0.15) is 47.9 Å². The van der Waals surface area contributed by atoms with Gasteiger partial charge in [-0.15, -0.1) is 0 Å². The first-order valence-corrected chi connectivity index (χ1v) is 9.42. The van der Waals surface area contributed by atoms with Crippen LogP contribution in [0.15, 0.2) is 30.3 Å². The highest BCUT2D eigenvalue weighted by molar-refractivity contribution is 6.04. The summed E-state index contributed by atoms with van der Waals surface area (Å²) in [5, 5.41) is 0. The van der Waals surface area contributed by atoms with E-state index in [4.69, 9.17) is 23.7 Å². The van der Waals surface area contributed by atoms with Gasteiger partial charge >= 0.3 is 0 Å². The highest BCUT2D eigenvalue weighted by atomic mass is 16.5. The van der Waals surface area contributed by atoms with Crippen molar-refractivity contribution in [2.75, 3.05) is 21.3 Å². The van der Waals surface area contributed by atoms with E-state index in [1.54, 1.807) is 27.4 Å². The van der Waals surface area contributed by atoms with Crippen LogP contribution in [0.5, 0.6) is 28.7 Å². The maximum Gasteiger partial charge on any atom is 0.174 e. The molecule has 0 saturated heterocycles. The van der Waals surface area contributed by atoms with Gasteiger partial charge in [-0.05, 0) is 43.7 Å². The third kappa shape index (κ3) is 3.28. The molecule has 0 aromatic heterocycles. The van der Waals surface area contributed by atoms with Gasteiger partial charge in [0.15, 0.2) is 17.3 Å². The maximum atomic E-state index is 13.1. The minimum atomic E-state index is -0.451. The molecule has 0 radical (unpaired) electrons. The second kappa shape index (κ2) is 7.03. The van der Waals surface area contributed by atoms with Crippen LogP contribution >= 0.6 is 0 Å². The summed E-state index contributed by atoms with van der Waals surface area (Å²) >= 11 is 0. The molecule has 1 atom stereocenters. The predicted molar refractivity (Wildman–Crippen MR) is 109 cm³/mol. The SMILES string of the molecule is COc1ccc(C2CC(=O)c3c(OC)cc4c(c3O2)C=CC(C)(C)O4)cc1OC. The quantitative estimate of drug-likeness (QED) is 0.752. The molecule has 4 rings (SSSR count). The molecule has 1 unspecified atom stereocenters. The standard InChI is InChI=1S/C23H24O6/c1-23(2)9-8-14-18(29-23)12-20(27-5)21-15(24)11-17(28-22(14)21)13-6-7-16(25-3)19(10-13)26-4/h6-10,12,17H,11H2,1-5H3. The molecule has 2 aliphatic heterocycles. The largest absolute Gasteiger partial charge is 0.496 e. The first-order valence-electron chi connectivity index (χ1n) is 9.42. The van der Waals surface area contributed by atoms with Crippen molar-refractivity contribution in [1.29, 1.82) is 0 Å². The zero-order valence-corrected chi connectivity index (χ0v) is 17.2. The summed E-state index contributed by atoms with van der Waals surface area (Å²) in [6.45, 7) is 3.94. The Kier molecular flexibility index (Phi) is 4.65. The van der Waals surface area contributed by atoms with E-state index in [1.165, 1.54) is 0 Å². The predicted octanol–water partition coefficient (Wildman–Crippen LogP) is 4.60. The van der Waals surface area contributed by atoms with Crippen LogP contribution in [0.25, 0.3) is 6.08 Å². The summed E-state index contributed by atoms with van der Waals surface area (Å²) in [5.41, 5.74) is 1.59. The molecule has 2 aliphatic rings. The van der Waals surface area contributed by atoms with E-state index in [0.29, 0.717) is 34.3 Å².